The molecule has 1 heterocycles. The van der Waals surface area contributed by atoms with Crippen molar-refractivity contribution in [2.24, 2.45) is 0 Å². The van der Waals surface area contributed by atoms with Gasteiger partial charge in [-0.3, -0.25) is 0 Å². The number of methoxy groups -OCH3 is 1. The predicted octanol–water partition coefficient (Wildman–Crippen LogP) is 3.87. The van der Waals surface area contributed by atoms with Crippen LogP contribution in [0.2, 0.25) is 0 Å². The summed E-state index contributed by atoms with van der Waals surface area (Å²) in [7, 11) is 1.69. The smallest absolute Gasteiger partial charge is 0.124 e. The number of fused-ring (bicyclic) bond motifs is 1. The minimum Gasteiger partial charge on any atom is -0.497 e. The molecule has 2 aromatic rings. The molecule has 0 radical (unpaired) electrons. The summed E-state index contributed by atoms with van der Waals surface area (Å²) >= 11 is 0. The van der Waals surface area contributed by atoms with Crippen LogP contribution in [0.25, 0.3) is 0 Å². The van der Waals surface area contributed by atoms with Crippen molar-refractivity contribution in [3.8, 4) is 11.5 Å². The summed E-state index contributed by atoms with van der Waals surface area (Å²) in [4.78, 5) is 0. The summed E-state index contributed by atoms with van der Waals surface area (Å²) in [6.45, 7) is 2.95. The van der Waals surface area contributed by atoms with Crippen LogP contribution in [0.5, 0.6) is 11.5 Å². The van der Waals surface area contributed by atoms with E-state index in [1.807, 2.05) is 18.2 Å². The number of nitrogens with one attached hydrogen (secondary N) is 1. The molecule has 0 aromatic heterocycles. The minimum absolute atomic E-state index is 0.291. The third kappa shape index (κ3) is 3.03. The maximum atomic E-state index is 5.74. The van der Waals surface area contributed by atoms with Gasteiger partial charge in [0, 0.05) is 24.1 Å². The molecule has 2 aromatic carbocycles. The molecule has 0 bridgehead atoms. The SMILES string of the molecule is COc1ccc2c(c1)C(N[C@H](C)c1ccccc1)CCO2. The summed E-state index contributed by atoms with van der Waals surface area (Å²) in [5.74, 6) is 1.83. The summed E-state index contributed by atoms with van der Waals surface area (Å²) < 4.78 is 11.1. The number of benzene rings is 2. The van der Waals surface area contributed by atoms with Crippen LogP contribution in [-0.2, 0) is 0 Å². The zero-order chi connectivity index (χ0) is 14.7. The highest BCUT2D eigenvalue weighted by molar-refractivity contribution is 5.43. The van der Waals surface area contributed by atoms with Crippen molar-refractivity contribution in [2.45, 2.75) is 25.4 Å². The van der Waals surface area contributed by atoms with E-state index < -0.39 is 0 Å². The van der Waals surface area contributed by atoms with Gasteiger partial charge in [0.15, 0.2) is 0 Å². The largest absolute Gasteiger partial charge is 0.497 e. The maximum Gasteiger partial charge on any atom is 0.124 e. The Morgan fingerprint density at radius 1 is 1.19 bits per heavy atom. The molecule has 3 nitrogen and oxygen atoms in total. The fourth-order valence-corrected chi connectivity index (χ4v) is 2.81. The van der Waals surface area contributed by atoms with E-state index >= 15 is 0 Å². The molecule has 1 unspecified atom stereocenters. The van der Waals surface area contributed by atoms with Crippen molar-refractivity contribution in [3.63, 3.8) is 0 Å². The average Bonchev–Trinajstić information content (AvgIpc) is 2.55. The molecule has 1 N–H and O–H groups in total. The minimum atomic E-state index is 0.291. The Morgan fingerprint density at radius 2 is 2.00 bits per heavy atom. The van der Waals surface area contributed by atoms with Crippen molar-refractivity contribution in [1.29, 1.82) is 0 Å². The molecule has 0 saturated heterocycles. The van der Waals surface area contributed by atoms with Gasteiger partial charge in [0.2, 0.25) is 0 Å². The van der Waals surface area contributed by atoms with E-state index in [0.29, 0.717) is 12.1 Å². The van der Waals surface area contributed by atoms with Crippen LogP contribution in [0.3, 0.4) is 0 Å². The third-order valence-corrected chi connectivity index (χ3v) is 4.01. The number of hydrogen-bond acceptors (Lipinski definition) is 3. The molecule has 2 atom stereocenters. The van der Waals surface area contributed by atoms with E-state index in [-0.39, 0.29) is 0 Å². The number of hydrogen-bond donors (Lipinski definition) is 1. The standard InChI is InChI=1S/C18H21NO2/c1-13(14-6-4-3-5-7-14)19-17-10-11-21-18-9-8-15(20-2)12-16(17)18/h3-9,12-13,17,19H,10-11H2,1-2H3/t13-,17?/m1/s1. The van der Waals surface area contributed by atoms with Crippen LogP contribution >= 0.6 is 0 Å². The molecule has 3 heteroatoms. The topological polar surface area (TPSA) is 30.5 Å². The summed E-state index contributed by atoms with van der Waals surface area (Å²) in [6.07, 6.45) is 0.970. The third-order valence-electron chi connectivity index (χ3n) is 4.01. The first-order valence-electron chi connectivity index (χ1n) is 7.39. The van der Waals surface area contributed by atoms with Crippen molar-refractivity contribution in [2.75, 3.05) is 13.7 Å². The Morgan fingerprint density at radius 3 is 2.76 bits per heavy atom. The van der Waals surface area contributed by atoms with Gasteiger partial charge in [0.1, 0.15) is 11.5 Å². The molecule has 0 fully saturated rings. The lowest BCUT2D eigenvalue weighted by Crippen LogP contribution is -2.29. The fraction of sp³-hybridized carbons (Fsp3) is 0.333. The van der Waals surface area contributed by atoms with Crippen molar-refractivity contribution in [1.82, 2.24) is 5.32 Å². The van der Waals surface area contributed by atoms with Gasteiger partial charge in [-0.15, -0.1) is 0 Å². The second-order valence-corrected chi connectivity index (χ2v) is 5.39. The second-order valence-electron chi connectivity index (χ2n) is 5.39. The molecule has 1 aliphatic rings. The van der Waals surface area contributed by atoms with Crippen LogP contribution in [0, 0.1) is 0 Å². The van der Waals surface area contributed by atoms with Crippen LogP contribution < -0.4 is 14.8 Å². The van der Waals surface area contributed by atoms with Crippen LogP contribution in [0.15, 0.2) is 48.5 Å². The van der Waals surface area contributed by atoms with Gasteiger partial charge in [-0.05, 0) is 30.7 Å². The molecule has 21 heavy (non-hydrogen) atoms. The van der Waals surface area contributed by atoms with E-state index in [0.717, 1.165) is 24.5 Å². The molecule has 1 aliphatic heterocycles. The van der Waals surface area contributed by atoms with Crippen molar-refractivity contribution in [3.05, 3.63) is 59.7 Å². The summed E-state index contributed by atoms with van der Waals surface area (Å²) in [5, 5.41) is 3.71. The molecule has 0 saturated carbocycles. The predicted molar refractivity (Wildman–Crippen MR) is 83.8 cm³/mol. The van der Waals surface area contributed by atoms with Gasteiger partial charge in [0.05, 0.1) is 13.7 Å². The molecule has 0 spiro atoms. The fourth-order valence-electron chi connectivity index (χ4n) is 2.81. The first-order valence-corrected chi connectivity index (χ1v) is 7.39. The number of ether oxygens (including phenoxy) is 2. The summed E-state index contributed by atoms with van der Waals surface area (Å²) in [5.41, 5.74) is 2.48. The Kier molecular flexibility index (Phi) is 4.11. The van der Waals surface area contributed by atoms with Gasteiger partial charge < -0.3 is 14.8 Å². The molecular formula is C18H21NO2. The van der Waals surface area contributed by atoms with Gasteiger partial charge in [0.25, 0.3) is 0 Å². The van der Waals surface area contributed by atoms with Crippen LogP contribution in [-0.4, -0.2) is 13.7 Å². The van der Waals surface area contributed by atoms with E-state index in [9.17, 15) is 0 Å². The first-order chi connectivity index (χ1) is 10.3. The molecule has 3 rings (SSSR count). The zero-order valence-electron chi connectivity index (χ0n) is 12.5. The van der Waals surface area contributed by atoms with E-state index in [1.54, 1.807) is 7.11 Å². The van der Waals surface area contributed by atoms with Crippen molar-refractivity contribution < 1.29 is 9.47 Å². The highest BCUT2D eigenvalue weighted by atomic mass is 16.5. The Hall–Kier alpha value is -2.00. The van der Waals surface area contributed by atoms with Gasteiger partial charge in [-0.1, -0.05) is 30.3 Å². The normalized spacial score (nSPS) is 18.5. The van der Waals surface area contributed by atoms with E-state index in [2.05, 4.69) is 42.6 Å². The van der Waals surface area contributed by atoms with Gasteiger partial charge >= 0.3 is 0 Å². The maximum absolute atomic E-state index is 5.74. The zero-order valence-corrected chi connectivity index (χ0v) is 12.5. The second kappa shape index (κ2) is 6.19. The van der Waals surface area contributed by atoms with E-state index in [1.165, 1.54) is 11.1 Å². The lowest BCUT2D eigenvalue weighted by molar-refractivity contribution is 0.245. The molecule has 0 amide bonds. The lowest BCUT2D eigenvalue weighted by atomic mass is 9.98. The first kappa shape index (κ1) is 14.0. The Labute approximate surface area is 125 Å². The number of rotatable bonds is 4. The quantitative estimate of drug-likeness (QED) is 0.924. The highest BCUT2D eigenvalue weighted by Gasteiger charge is 2.23. The van der Waals surface area contributed by atoms with E-state index in [4.69, 9.17) is 9.47 Å². The van der Waals surface area contributed by atoms with Crippen LogP contribution in [0.1, 0.15) is 36.6 Å². The molecular weight excluding hydrogens is 262 g/mol. The van der Waals surface area contributed by atoms with Crippen LogP contribution in [0.4, 0.5) is 0 Å². The lowest BCUT2D eigenvalue weighted by Gasteiger charge is -2.30. The van der Waals surface area contributed by atoms with Gasteiger partial charge in [-0.2, -0.15) is 0 Å². The monoisotopic (exact) mass is 283 g/mol. The Balaban J connectivity index is 1.81. The molecule has 0 aliphatic carbocycles. The Bertz CT molecular complexity index is 597. The molecule has 110 valence electrons. The van der Waals surface area contributed by atoms with Gasteiger partial charge in [-0.25, -0.2) is 0 Å². The van der Waals surface area contributed by atoms with Crippen molar-refractivity contribution >= 4 is 0 Å². The average molecular weight is 283 g/mol. The summed E-state index contributed by atoms with van der Waals surface area (Å²) in [6, 6.07) is 17.1. The highest BCUT2D eigenvalue weighted by Crippen LogP contribution is 2.36.